The molecule has 0 bridgehead atoms. The highest BCUT2D eigenvalue weighted by molar-refractivity contribution is 7.89. The molecular formula is C21H21Cl2N3O4S. The predicted octanol–water partition coefficient (Wildman–Crippen LogP) is 2.99. The van der Waals surface area contributed by atoms with Crippen LogP contribution in [0.5, 0.6) is 0 Å². The fraction of sp³-hybridized carbons (Fsp3) is 0.333. The lowest BCUT2D eigenvalue weighted by atomic mass is 10.1. The van der Waals surface area contributed by atoms with Crippen LogP contribution >= 0.6 is 23.2 Å². The normalized spacial score (nSPS) is 17.9. The summed E-state index contributed by atoms with van der Waals surface area (Å²) in [5.41, 5.74) is 0.900. The molecule has 164 valence electrons. The second-order valence-corrected chi connectivity index (χ2v) is 10.2. The first-order valence-electron chi connectivity index (χ1n) is 9.92. The maximum atomic E-state index is 12.9. The van der Waals surface area contributed by atoms with Gasteiger partial charge in [0.25, 0.3) is 11.8 Å². The van der Waals surface area contributed by atoms with Gasteiger partial charge in [-0.15, -0.1) is 0 Å². The lowest BCUT2D eigenvalue weighted by Gasteiger charge is -2.34. The fourth-order valence-electron chi connectivity index (χ4n) is 3.90. The van der Waals surface area contributed by atoms with Crippen LogP contribution in [0.3, 0.4) is 0 Å². The summed E-state index contributed by atoms with van der Waals surface area (Å²) in [6.07, 6.45) is 0.623. The van der Waals surface area contributed by atoms with Crippen molar-refractivity contribution >= 4 is 45.0 Å². The zero-order valence-electron chi connectivity index (χ0n) is 16.6. The lowest BCUT2D eigenvalue weighted by Crippen LogP contribution is -2.49. The molecule has 2 amide bonds. The van der Waals surface area contributed by atoms with Crippen LogP contribution in [0.25, 0.3) is 0 Å². The van der Waals surface area contributed by atoms with E-state index in [0.29, 0.717) is 61.8 Å². The molecule has 0 aliphatic carbocycles. The first-order valence-corrected chi connectivity index (χ1v) is 12.1. The van der Waals surface area contributed by atoms with Crippen molar-refractivity contribution in [2.45, 2.75) is 11.3 Å². The Balaban J connectivity index is 1.30. The van der Waals surface area contributed by atoms with Crippen LogP contribution in [0.15, 0.2) is 47.4 Å². The van der Waals surface area contributed by atoms with Crippen LogP contribution < -0.4 is 0 Å². The monoisotopic (exact) mass is 481 g/mol. The Kier molecular flexibility index (Phi) is 6.37. The summed E-state index contributed by atoms with van der Waals surface area (Å²) in [5.74, 6) is -0.509. The van der Waals surface area contributed by atoms with Gasteiger partial charge >= 0.3 is 0 Å². The summed E-state index contributed by atoms with van der Waals surface area (Å²) in [6, 6.07) is 11.2. The number of carbonyl (C=O) groups excluding carboxylic acids is 2. The molecule has 0 aromatic heterocycles. The Hall–Kier alpha value is -1.97. The molecule has 0 atom stereocenters. The van der Waals surface area contributed by atoms with E-state index in [2.05, 4.69) is 4.90 Å². The summed E-state index contributed by atoms with van der Waals surface area (Å²) in [7, 11) is -3.72. The van der Waals surface area contributed by atoms with E-state index in [1.807, 2.05) is 0 Å². The highest BCUT2D eigenvalue weighted by atomic mass is 35.5. The molecule has 0 N–H and O–H groups in total. The Bertz CT molecular complexity index is 1100. The molecule has 0 unspecified atom stereocenters. The lowest BCUT2D eigenvalue weighted by molar-refractivity contribution is 0.0644. The summed E-state index contributed by atoms with van der Waals surface area (Å²) < 4.78 is 27.2. The van der Waals surface area contributed by atoms with Crippen molar-refractivity contribution in [2.75, 3.05) is 39.3 Å². The second-order valence-electron chi connectivity index (χ2n) is 7.48. The number of imide groups is 1. The second kappa shape index (κ2) is 8.88. The quantitative estimate of drug-likeness (QED) is 0.592. The van der Waals surface area contributed by atoms with E-state index in [4.69, 9.17) is 23.2 Å². The van der Waals surface area contributed by atoms with Crippen molar-refractivity contribution < 1.29 is 18.0 Å². The van der Waals surface area contributed by atoms with Crippen LogP contribution in [-0.2, 0) is 10.0 Å². The molecule has 4 rings (SSSR count). The van der Waals surface area contributed by atoms with E-state index in [0.717, 1.165) is 0 Å². The minimum atomic E-state index is -3.72. The molecule has 0 radical (unpaired) electrons. The number of piperazine rings is 1. The first-order chi connectivity index (χ1) is 14.8. The molecule has 10 heteroatoms. The Morgan fingerprint density at radius 3 is 2.06 bits per heavy atom. The largest absolute Gasteiger partial charge is 0.301 e. The van der Waals surface area contributed by atoms with Gasteiger partial charge in [-0.1, -0.05) is 35.3 Å². The van der Waals surface area contributed by atoms with Gasteiger partial charge in [-0.25, -0.2) is 8.42 Å². The molecule has 1 saturated heterocycles. The number of halogens is 2. The maximum Gasteiger partial charge on any atom is 0.261 e. The van der Waals surface area contributed by atoms with E-state index >= 15 is 0 Å². The summed E-state index contributed by atoms with van der Waals surface area (Å²) >= 11 is 12.0. The highest BCUT2D eigenvalue weighted by Gasteiger charge is 2.35. The van der Waals surface area contributed by atoms with E-state index in [9.17, 15) is 18.0 Å². The topological polar surface area (TPSA) is 78.0 Å². The van der Waals surface area contributed by atoms with Gasteiger partial charge in [0, 0.05) is 37.7 Å². The molecule has 2 aromatic carbocycles. The van der Waals surface area contributed by atoms with Gasteiger partial charge in [0.1, 0.15) is 4.90 Å². The number of fused-ring (bicyclic) bond motifs is 1. The average molecular weight is 482 g/mol. The minimum absolute atomic E-state index is 0.0146. The van der Waals surface area contributed by atoms with Gasteiger partial charge in [-0.05, 0) is 43.3 Å². The Morgan fingerprint density at radius 2 is 1.45 bits per heavy atom. The third kappa shape index (κ3) is 4.36. The van der Waals surface area contributed by atoms with Gasteiger partial charge in [-0.2, -0.15) is 4.31 Å². The van der Waals surface area contributed by atoms with Crippen molar-refractivity contribution in [3.8, 4) is 0 Å². The molecule has 2 heterocycles. The van der Waals surface area contributed by atoms with E-state index in [1.54, 1.807) is 30.3 Å². The standard InChI is InChI=1S/C21H21Cl2N3O4S/c22-15-6-7-18(23)19(14-15)31(29,30)25-12-10-24(11-13-25)8-3-9-26-20(27)16-4-1-2-5-17(16)21(26)28/h1-2,4-7,14H,3,8-13H2. The molecule has 0 spiro atoms. The molecule has 2 aliphatic heterocycles. The van der Waals surface area contributed by atoms with Crippen molar-refractivity contribution in [2.24, 2.45) is 0 Å². The molecule has 0 saturated carbocycles. The summed E-state index contributed by atoms with van der Waals surface area (Å²) in [5, 5.41) is 0.461. The Labute approximate surface area is 191 Å². The number of sulfonamides is 1. The van der Waals surface area contributed by atoms with Crippen molar-refractivity contribution in [3.63, 3.8) is 0 Å². The minimum Gasteiger partial charge on any atom is -0.301 e. The molecular weight excluding hydrogens is 461 g/mol. The molecule has 1 fully saturated rings. The zero-order chi connectivity index (χ0) is 22.2. The van der Waals surface area contributed by atoms with Crippen LogP contribution in [0.1, 0.15) is 27.1 Å². The van der Waals surface area contributed by atoms with Crippen molar-refractivity contribution in [1.82, 2.24) is 14.1 Å². The van der Waals surface area contributed by atoms with Gasteiger partial charge in [0.2, 0.25) is 10.0 Å². The van der Waals surface area contributed by atoms with E-state index < -0.39 is 10.0 Å². The molecule has 7 nitrogen and oxygen atoms in total. The highest BCUT2D eigenvalue weighted by Crippen LogP contribution is 2.28. The van der Waals surface area contributed by atoms with Gasteiger partial charge < -0.3 is 4.90 Å². The number of benzene rings is 2. The SMILES string of the molecule is O=C1c2ccccc2C(=O)N1CCCN1CCN(S(=O)(=O)c2cc(Cl)ccc2Cl)CC1. The fourth-order valence-corrected chi connectivity index (χ4v) is 6.06. The number of carbonyl (C=O) groups is 2. The van der Waals surface area contributed by atoms with Crippen LogP contribution in [0, 0.1) is 0 Å². The zero-order valence-corrected chi connectivity index (χ0v) is 19.0. The summed E-state index contributed by atoms with van der Waals surface area (Å²) in [6.45, 7) is 2.78. The molecule has 2 aromatic rings. The smallest absolute Gasteiger partial charge is 0.261 e. The molecule has 2 aliphatic rings. The third-order valence-corrected chi connectivity index (χ3v) is 8.19. The number of amides is 2. The number of nitrogens with zero attached hydrogens (tertiary/aromatic N) is 3. The number of hydrogen-bond donors (Lipinski definition) is 0. The van der Waals surface area contributed by atoms with Crippen LogP contribution in [0.2, 0.25) is 10.0 Å². The van der Waals surface area contributed by atoms with E-state index in [1.165, 1.54) is 21.3 Å². The van der Waals surface area contributed by atoms with Gasteiger partial charge in [0.05, 0.1) is 16.1 Å². The predicted molar refractivity (Wildman–Crippen MR) is 118 cm³/mol. The third-order valence-electron chi connectivity index (χ3n) is 5.58. The number of rotatable bonds is 6. The van der Waals surface area contributed by atoms with Crippen LogP contribution in [-0.4, -0.2) is 73.6 Å². The van der Waals surface area contributed by atoms with Gasteiger partial charge in [0.15, 0.2) is 0 Å². The Morgan fingerprint density at radius 1 is 0.839 bits per heavy atom. The van der Waals surface area contributed by atoms with Crippen LogP contribution in [0.4, 0.5) is 0 Å². The maximum absolute atomic E-state index is 12.9. The van der Waals surface area contributed by atoms with Crippen molar-refractivity contribution in [3.05, 3.63) is 63.6 Å². The first kappa shape index (κ1) is 22.2. The summed E-state index contributed by atoms with van der Waals surface area (Å²) in [4.78, 5) is 28.3. The van der Waals surface area contributed by atoms with E-state index in [-0.39, 0.29) is 21.7 Å². The molecule has 31 heavy (non-hydrogen) atoms. The average Bonchev–Trinajstić information content (AvgIpc) is 3.01. The number of hydrogen-bond acceptors (Lipinski definition) is 5. The van der Waals surface area contributed by atoms with Gasteiger partial charge in [-0.3, -0.25) is 14.5 Å². The van der Waals surface area contributed by atoms with Crippen molar-refractivity contribution in [1.29, 1.82) is 0 Å².